The van der Waals surface area contributed by atoms with Gasteiger partial charge in [0.05, 0.1) is 6.42 Å². The quantitative estimate of drug-likeness (QED) is 0.918. The van der Waals surface area contributed by atoms with Crippen molar-refractivity contribution < 1.29 is 9.90 Å². The summed E-state index contributed by atoms with van der Waals surface area (Å²) in [5, 5.41) is 8.98. The molecule has 0 radical (unpaired) electrons. The molecule has 0 bridgehead atoms. The summed E-state index contributed by atoms with van der Waals surface area (Å²) in [5.74, 6) is 1.03. The number of nitrogens with zero attached hydrogens (tertiary/aromatic N) is 1. The smallest absolute Gasteiger partial charge is 0.304 e. The maximum Gasteiger partial charge on any atom is 0.304 e. The van der Waals surface area contributed by atoms with Crippen molar-refractivity contribution >= 4 is 17.7 Å². The van der Waals surface area contributed by atoms with Gasteiger partial charge in [0.2, 0.25) is 0 Å². The van der Waals surface area contributed by atoms with E-state index in [2.05, 4.69) is 29.2 Å². The van der Waals surface area contributed by atoms with E-state index in [1.54, 1.807) is 0 Å². The molecular weight excluding hydrogens is 258 g/mol. The number of likely N-dealkylation sites (tertiary alicyclic amines) is 1. The minimum atomic E-state index is -0.668. The first-order valence-corrected chi connectivity index (χ1v) is 7.90. The molecule has 1 saturated heterocycles. The maximum atomic E-state index is 10.9. The van der Waals surface area contributed by atoms with Crippen LogP contribution >= 0.6 is 11.8 Å². The van der Waals surface area contributed by atoms with Crippen LogP contribution in [0.15, 0.2) is 29.2 Å². The van der Waals surface area contributed by atoms with E-state index in [1.807, 2.05) is 11.8 Å². The minimum absolute atomic E-state index is 0.246. The van der Waals surface area contributed by atoms with Crippen molar-refractivity contribution in [1.29, 1.82) is 0 Å². The predicted molar refractivity (Wildman–Crippen MR) is 76.8 cm³/mol. The van der Waals surface area contributed by atoms with Gasteiger partial charge >= 0.3 is 5.97 Å². The van der Waals surface area contributed by atoms with Gasteiger partial charge in [0.15, 0.2) is 0 Å². The Morgan fingerprint density at radius 1 is 1.42 bits per heavy atom. The van der Waals surface area contributed by atoms with E-state index in [0.29, 0.717) is 12.3 Å². The molecule has 2 aliphatic heterocycles. The number of carboxylic acid groups (broad SMARTS) is 1. The van der Waals surface area contributed by atoms with Crippen LogP contribution in [-0.2, 0) is 4.79 Å². The molecule has 3 rings (SSSR count). The Bertz CT molecular complexity index is 477. The van der Waals surface area contributed by atoms with E-state index in [4.69, 9.17) is 5.11 Å². The van der Waals surface area contributed by atoms with E-state index >= 15 is 0 Å². The molecule has 1 fully saturated rings. The molecule has 0 aliphatic carbocycles. The zero-order valence-electron chi connectivity index (χ0n) is 10.9. The first-order chi connectivity index (χ1) is 9.24. The second-order valence-corrected chi connectivity index (χ2v) is 6.50. The number of thioether (sulfide) groups is 1. The number of carbonyl (C=O) groups is 1. The van der Waals surface area contributed by atoms with E-state index < -0.39 is 5.97 Å². The lowest BCUT2D eigenvalue weighted by molar-refractivity contribution is -0.138. The molecule has 19 heavy (non-hydrogen) atoms. The predicted octanol–water partition coefficient (Wildman–Crippen LogP) is 2.82. The molecule has 2 heterocycles. The van der Waals surface area contributed by atoms with Crippen molar-refractivity contribution in [3.05, 3.63) is 29.8 Å². The standard InChI is InChI=1S/C15H19NO2S/c17-15(18)8-12-4-3-7-16(12)9-11-10-19-14-6-2-1-5-13(11)14/h1-2,5-6,11-12H,3-4,7-10H2,(H,17,18). The average Bonchev–Trinajstić information content (AvgIpc) is 2.98. The number of hydrogen-bond acceptors (Lipinski definition) is 3. The fourth-order valence-electron chi connectivity index (χ4n) is 3.23. The zero-order valence-corrected chi connectivity index (χ0v) is 11.7. The number of fused-ring (bicyclic) bond motifs is 1. The van der Waals surface area contributed by atoms with E-state index in [9.17, 15) is 4.79 Å². The third-order valence-electron chi connectivity index (χ3n) is 4.16. The molecule has 1 aromatic carbocycles. The molecule has 2 atom stereocenters. The van der Waals surface area contributed by atoms with Gasteiger partial charge in [-0.15, -0.1) is 11.8 Å². The number of hydrogen-bond donors (Lipinski definition) is 1. The Morgan fingerprint density at radius 2 is 2.26 bits per heavy atom. The summed E-state index contributed by atoms with van der Waals surface area (Å²) in [5.41, 5.74) is 1.45. The molecule has 3 nitrogen and oxygen atoms in total. The average molecular weight is 277 g/mol. The SMILES string of the molecule is O=C(O)CC1CCCN1CC1CSc2ccccc21. The lowest BCUT2D eigenvalue weighted by Gasteiger charge is -2.26. The lowest BCUT2D eigenvalue weighted by atomic mass is 10.00. The second kappa shape index (κ2) is 5.55. The third kappa shape index (κ3) is 2.79. The highest BCUT2D eigenvalue weighted by atomic mass is 32.2. The van der Waals surface area contributed by atoms with Crippen LogP contribution in [0, 0.1) is 0 Å². The van der Waals surface area contributed by atoms with Gasteiger partial charge in [-0.1, -0.05) is 18.2 Å². The zero-order chi connectivity index (χ0) is 13.2. The molecule has 0 aromatic heterocycles. The minimum Gasteiger partial charge on any atom is -0.481 e. The number of rotatable bonds is 4. The second-order valence-electron chi connectivity index (χ2n) is 5.43. The summed E-state index contributed by atoms with van der Waals surface area (Å²) in [6, 6.07) is 8.87. The van der Waals surface area contributed by atoms with Crippen LogP contribution in [0.1, 0.15) is 30.7 Å². The van der Waals surface area contributed by atoms with Gasteiger partial charge in [0.25, 0.3) is 0 Å². The summed E-state index contributed by atoms with van der Waals surface area (Å²) in [4.78, 5) is 14.7. The summed E-state index contributed by atoms with van der Waals surface area (Å²) in [6.07, 6.45) is 2.47. The molecule has 102 valence electrons. The van der Waals surface area contributed by atoms with Crippen LogP contribution in [0.25, 0.3) is 0 Å². The summed E-state index contributed by atoms with van der Waals surface area (Å²) < 4.78 is 0. The largest absolute Gasteiger partial charge is 0.481 e. The molecule has 2 aliphatic rings. The Hall–Kier alpha value is -1.00. The Kier molecular flexibility index (Phi) is 3.80. The first-order valence-electron chi connectivity index (χ1n) is 6.91. The van der Waals surface area contributed by atoms with E-state index in [0.717, 1.165) is 31.7 Å². The highest BCUT2D eigenvalue weighted by Crippen LogP contribution is 2.40. The fourth-order valence-corrected chi connectivity index (χ4v) is 4.47. The third-order valence-corrected chi connectivity index (χ3v) is 5.41. The van der Waals surface area contributed by atoms with Crippen molar-refractivity contribution in [3.63, 3.8) is 0 Å². The van der Waals surface area contributed by atoms with Gasteiger partial charge < -0.3 is 5.11 Å². The van der Waals surface area contributed by atoms with Gasteiger partial charge in [0, 0.05) is 29.2 Å². The van der Waals surface area contributed by atoms with Gasteiger partial charge in [-0.25, -0.2) is 0 Å². The normalized spacial score (nSPS) is 26.5. The molecule has 1 aromatic rings. The van der Waals surface area contributed by atoms with Crippen LogP contribution in [0.4, 0.5) is 0 Å². The number of carboxylic acids is 1. The molecule has 2 unspecified atom stereocenters. The monoisotopic (exact) mass is 277 g/mol. The molecule has 0 spiro atoms. The van der Waals surface area contributed by atoms with Crippen molar-refractivity contribution in [3.8, 4) is 0 Å². The molecule has 0 saturated carbocycles. The highest BCUT2D eigenvalue weighted by Gasteiger charge is 2.31. The van der Waals surface area contributed by atoms with Crippen molar-refractivity contribution in [2.75, 3.05) is 18.8 Å². The molecular formula is C15H19NO2S. The van der Waals surface area contributed by atoms with Gasteiger partial charge in [-0.3, -0.25) is 9.69 Å². The van der Waals surface area contributed by atoms with Gasteiger partial charge in [-0.2, -0.15) is 0 Å². The summed E-state index contributed by atoms with van der Waals surface area (Å²) in [7, 11) is 0. The van der Waals surface area contributed by atoms with Crippen LogP contribution in [0.3, 0.4) is 0 Å². The van der Waals surface area contributed by atoms with Crippen molar-refractivity contribution in [1.82, 2.24) is 4.90 Å². The van der Waals surface area contributed by atoms with Crippen LogP contribution in [-0.4, -0.2) is 40.9 Å². The van der Waals surface area contributed by atoms with Crippen LogP contribution in [0.2, 0.25) is 0 Å². The Balaban J connectivity index is 1.67. The Morgan fingerprint density at radius 3 is 3.11 bits per heavy atom. The van der Waals surface area contributed by atoms with Crippen molar-refractivity contribution in [2.45, 2.75) is 36.1 Å². The van der Waals surface area contributed by atoms with E-state index in [1.165, 1.54) is 10.5 Å². The van der Waals surface area contributed by atoms with Crippen molar-refractivity contribution in [2.24, 2.45) is 0 Å². The summed E-state index contributed by atoms with van der Waals surface area (Å²) >= 11 is 1.93. The van der Waals surface area contributed by atoms with E-state index in [-0.39, 0.29) is 6.04 Å². The molecule has 4 heteroatoms. The highest BCUT2D eigenvalue weighted by molar-refractivity contribution is 7.99. The molecule has 1 N–H and O–H groups in total. The first kappa shape index (κ1) is 13.0. The van der Waals surface area contributed by atoms with Gasteiger partial charge in [-0.05, 0) is 31.0 Å². The topological polar surface area (TPSA) is 40.5 Å². The van der Waals surface area contributed by atoms with Crippen LogP contribution < -0.4 is 0 Å². The maximum absolute atomic E-state index is 10.9. The summed E-state index contributed by atoms with van der Waals surface area (Å²) in [6.45, 7) is 2.07. The van der Waals surface area contributed by atoms with Crippen LogP contribution in [0.5, 0.6) is 0 Å². The lowest BCUT2D eigenvalue weighted by Crippen LogP contribution is -2.34. The fraction of sp³-hybridized carbons (Fsp3) is 0.533. The molecule has 0 amide bonds. The Labute approximate surface area is 118 Å². The number of benzene rings is 1. The van der Waals surface area contributed by atoms with Gasteiger partial charge in [0.1, 0.15) is 0 Å². The number of aliphatic carboxylic acids is 1.